The first-order chi connectivity index (χ1) is 20.9. The predicted octanol–water partition coefficient (Wildman–Crippen LogP) is 7.03. The first-order valence-electron chi connectivity index (χ1n) is 15.2. The van der Waals surface area contributed by atoms with E-state index >= 15 is 0 Å². The van der Waals surface area contributed by atoms with E-state index < -0.39 is 18.3 Å². The quantitative estimate of drug-likeness (QED) is 0.134. The molecule has 0 aromatic heterocycles. The van der Waals surface area contributed by atoms with Crippen molar-refractivity contribution in [2.75, 3.05) is 24.6 Å². The van der Waals surface area contributed by atoms with Crippen molar-refractivity contribution in [3.8, 4) is 5.75 Å². The fourth-order valence-electron chi connectivity index (χ4n) is 4.68. The highest BCUT2D eigenvalue weighted by Gasteiger charge is 2.40. The largest absolute Gasteiger partial charge is 0.487 e. The Hall–Kier alpha value is -3.18. The normalized spacial score (nSPS) is 13.3. The first-order valence-corrected chi connectivity index (χ1v) is 20.0. The second kappa shape index (κ2) is 14.9. The number of methoxy groups -OCH3 is 1. The number of rotatable bonds is 15. The van der Waals surface area contributed by atoms with Crippen LogP contribution in [0.4, 0.5) is 5.69 Å². The molecule has 0 bridgehead atoms. The number of nitrogens with one attached hydrogen (secondary N) is 2. The molecule has 3 aromatic carbocycles. The second-order valence-corrected chi connectivity index (χ2v) is 20.3. The standard InChI is InChI=1S/C35H50N2O6SSi/c1-34(2,3)45(8,9)43-32(24-36-35(4,5)23-28-17-13-16-27(20-28)21-33(38)41-6)29-18-19-31(30(22-29)37-44(7,39)40)42-25-26-14-11-10-12-15-26/h10-20,22,32,36-37H,21,23-25H2,1-9H3/t32-/m1/s1. The molecule has 0 saturated carbocycles. The van der Waals surface area contributed by atoms with Crippen molar-refractivity contribution >= 4 is 30.0 Å². The minimum absolute atomic E-state index is 0.0343. The fourth-order valence-corrected chi connectivity index (χ4v) is 6.52. The Balaban J connectivity index is 1.90. The molecule has 0 heterocycles. The van der Waals surface area contributed by atoms with Crippen LogP contribution in [-0.2, 0) is 43.4 Å². The first kappa shape index (κ1) is 36.3. The minimum atomic E-state index is -3.57. The summed E-state index contributed by atoms with van der Waals surface area (Å²) >= 11 is 0. The highest BCUT2D eigenvalue weighted by atomic mass is 32.2. The van der Waals surface area contributed by atoms with E-state index in [1.165, 1.54) is 7.11 Å². The summed E-state index contributed by atoms with van der Waals surface area (Å²) in [5.41, 5.74) is 3.90. The van der Waals surface area contributed by atoms with E-state index in [4.69, 9.17) is 13.9 Å². The molecule has 3 aromatic rings. The molecule has 0 unspecified atom stereocenters. The van der Waals surface area contributed by atoms with Gasteiger partial charge < -0.3 is 19.2 Å². The van der Waals surface area contributed by atoms with Crippen LogP contribution in [0.5, 0.6) is 5.75 Å². The molecule has 10 heteroatoms. The Morgan fingerprint density at radius 3 is 2.16 bits per heavy atom. The van der Waals surface area contributed by atoms with Crippen LogP contribution in [0.15, 0.2) is 72.8 Å². The Bertz CT molecular complexity index is 1540. The van der Waals surface area contributed by atoms with Gasteiger partial charge in [0, 0.05) is 12.1 Å². The summed E-state index contributed by atoms with van der Waals surface area (Å²) in [6.07, 6.45) is 1.74. The average molecular weight is 655 g/mol. The number of ether oxygens (including phenoxy) is 2. The molecular formula is C35H50N2O6SSi. The van der Waals surface area contributed by atoms with E-state index in [1.807, 2.05) is 66.7 Å². The van der Waals surface area contributed by atoms with Crippen LogP contribution in [0.25, 0.3) is 0 Å². The zero-order valence-electron chi connectivity index (χ0n) is 28.2. The van der Waals surface area contributed by atoms with E-state index in [2.05, 4.69) is 63.8 Å². The number of anilines is 1. The minimum Gasteiger partial charge on any atom is -0.487 e. The van der Waals surface area contributed by atoms with Crippen molar-refractivity contribution in [2.45, 2.75) is 83.8 Å². The van der Waals surface area contributed by atoms with Crippen molar-refractivity contribution < 1.29 is 27.1 Å². The van der Waals surface area contributed by atoms with E-state index in [0.717, 1.165) is 34.9 Å². The molecule has 0 aliphatic heterocycles. The van der Waals surface area contributed by atoms with Crippen LogP contribution in [-0.4, -0.2) is 48.2 Å². The lowest BCUT2D eigenvalue weighted by Crippen LogP contribution is -2.47. The maximum atomic E-state index is 12.4. The monoisotopic (exact) mass is 654 g/mol. The smallest absolute Gasteiger partial charge is 0.309 e. The number of sulfonamides is 1. The zero-order chi connectivity index (χ0) is 33.5. The molecular weight excluding hydrogens is 605 g/mol. The van der Waals surface area contributed by atoms with Gasteiger partial charge in [0.25, 0.3) is 0 Å². The van der Waals surface area contributed by atoms with Crippen molar-refractivity contribution in [2.24, 2.45) is 0 Å². The Morgan fingerprint density at radius 2 is 1.53 bits per heavy atom. The summed E-state index contributed by atoms with van der Waals surface area (Å²) in [7, 11) is -4.42. The lowest BCUT2D eigenvalue weighted by molar-refractivity contribution is -0.139. The van der Waals surface area contributed by atoms with Gasteiger partial charge >= 0.3 is 5.97 Å². The third kappa shape index (κ3) is 11.6. The molecule has 0 aliphatic rings. The van der Waals surface area contributed by atoms with Gasteiger partial charge in [0.05, 0.1) is 31.6 Å². The summed E-state index contributed by atoms with van der Waals surface area (Å²) in [6, 6.07) is 23.3. The van der Waals surface area contributed by atoms with Gasteiger partial charge in [0.1, 0.15) is 12.4 Å². The number of hydrogen-bond donors (Lipinski definition) is 2. The van der Waals surface area contributed by atoms with Gasteiger partial charge in [0.15, 0.2) is 8.32 Å². The fraction of sp³-hybridized carbons (Fsp3) is 0.457. The Labute approximate surface area is 271 Å². The van der Waals surface area contributed by atoms with Gasteiger partial charge in [-0.3, -0.25) is 9.52 Å². The van der Waals surface area contributed by atoms with Crippen LogP contribution in [0.1, 0.15) is 63.0 Å². The van der Waals surface area contributed by atoms with E-state index in [-0.39, 0.29) is 29.1 Å². The summed E-state index contributed by atoms with van der Waals surface area (Å²) in [5.74, 6) is 0.176. The summed E-state index contributed by atoms with van der Waals surface area (Å²) in [6.45, 7) is 16.1. The Kier molecular flexibility index (Phi) is 12.0. The number of esters is 1. The molecule has 0 fully saturated rings. The van der Waals surface area contributed by atoms with Gasteiger partial charge in [0.2, 0.25) is 10.0 Å². The van der Waals surface area contributed by atoms with Gasteiger partial charge in [-0.05, 0) is 72.8 Å². The summed E-state index contributed by atoms with van der Waals surface area (Å²) in [4.78, 5) is 11.8. The highest BCUT2D eigenvalue weighted by Crippen LogP contribution is 2.41. The van der Waals surface area contributed by atoms with Gasteiger partial charge in [-0.2, -0.15) is 0 Å². The third-order valence-electron chi connectivity index (χ3n) is 8.13. The number of benzene rings is 3. The number of carbonyl (C=O) groups excluding carboxylic acids is 1. The van der Waals surface area contributed by atoms with Crippen LogP contribution in [0, 0.1) is 0 Å². The lowest BCUT2D eigenvalue weighted by atomic mass is 9.93. The summed E-state index contributed by atoms with van der Waals surface area (Å²) in [5, 5.41) is 3.68. The molecule has 0 radical (unpaired) electrons. The Morgan fingerprint density at radius 1 is 0.889 bits per heavy atom. The molecule has 1 atom stereocenters. The van der Waals surface area contributed by atoms with Gasteiger partial charge in [-0.15, -0.1) is 0 Å². The van der Waals surface area contributed by atoms with Crippen LogP contribution < -0.4 is 14.8 Å². The number of hydrogen-bond acceptors (Lipinski definition) is 7. The average Bonchev–Trinajstić information content (AvgIpc) is 2.93. The second-order valence-electron chi connectivity index (χ2n) is 13.8. The maximum Gasteiger partial charge on any atom is 0.309 e. The van der Waals surface area contributed by atoms with Crippen molar-refractivity contribution in [3.63, 3.8) is 0 Å². The maximum absolute atomic E-state index is 12.4. The van der Waals surface area contributed by atoms with Crippen molar-refractivity contribution in [3.05, 3.63) is 95.1 Å². The van der Waals surface area contributed by atoms with Crippen molar-refractivity contribution in [1.29, 1.82) is 0 Å². The molecule has 45 heavy (non-hydrogen) atoms. The van der Waals surface area contributed by atoms with Gasteiger partial charge in [-0.1, -0.05) is 81.4 Å². The van der Waals surface area contributed by atoms with Crippen LogP contribution >= 0.6 is 0 Å². The predicted molar refractivity (Wildman–Crippen MR) is 185 cm³/mol. The zero-order valence-corrected chi connectivity index (χ0v) is 30.0. The molecule has 0 spiro atoms. The van der Waals surface area contributed by atoms with Gasteiger partial charge in [-0.25, -0.2) is 8.42 Å². The lowest BCUT2D eigenvalue weighted by Gasteiger charge is -2.40. The topological polar surface area (TPSA) is 103 Å². The SMILES string of the molecule is COC(=O)Cc1cccc(CC(C)(C)NC[C@@H](O[Si](C)(C)C(C)(C)C)c2ccc(OCc3ccccc3)c(NS(C)(=O)=O)c2)c1. The highest BCUT2D eigenvalue weighted by molar-refractivity contribution is 7.92. The summed E-state index contributed by atoms with van der Waals surface area (Å²) < 4.78 is 45.3. The molecule has 0 saturated heterocycles. The molecule has 3 rings (SSSR count). The van der Waals surface area contributed by atoms with Crippen LogP contribution in [0.3, 0.4) is 0 Å². The molecule has 0 aliphatic carbocycles. The molecule has 8 nitrogen and oxygen atoms in total. The third-order valence-corrected chi connectivity index (χ3v) is 13.2. The molecule has 2 N–H and O–H groups in total. The van der Waals surface area contributed by atoms with Crippen LogP contribution in [0.2, 0.25) is 18.1 Å². The van der Waals surface area contributed by atoms with E-state index in [9.17, 15) is 13.2 Å². The van der Waals surface area contributed by atoms with E-state index in [1.54, 1.807) is 0 Å². The molecule has 246 valence electrons. The van der Waals surface area contributed by atoms with Crippen molar-refractivity contribution in [1.82, 2.24) is 5.32 Å². The number of carbonyl (C=O) groups is 1. The van der Waals surface area contributed by atoms with E-state index in [0.29, 0.717) is 24.6 Å². The molecule has 0 amide bonds.